The molecule has 7 nitrogen and oxygen atoms in total. The number of carbonyl (C=O) groups is 3. The lowest BCUT2D eigenvalue weighted by atomic mass is 10.2. The van der Waals surface area contributed by atoms with Crippen LogP contribution < -0.4 is 16.1 Å². The number of nitrogens with one attached hydrogen (secondary N) is 3. The van der Waals surface area contributed by atoms with Crippen LogP contribution in [0.4, 0.5) is 10.5 Å². The minimum Gasteiger partial charge on any atom is -0.308 e. The Morgan fingerprint density at radius 1 is 0.920 bits per heavy atom. The smallest absolute Gasteiger partial charge is 0.308 e. The summed E-state index contributed by atoms with van der Waals surface area (Å²) in [5.41, 5.74) is 2.43. The van der Waals surface area contributed by atoms with Crippen LogP contribution in [0, 0.1) is 0 Å². The van der Waals surface area contributed by atoms with Crippen molar-refractivity contribution in [3.05, 3.63) is 65.0 Å². The molecule has 0 saturated heterocycles. The molecule has 0 radical (unpaired) electrons. The fourth-order valence-electron chi connectivity index (χ4n) is 2.22. The Morgan fingerprint density at radius 2 is 1.68 bits per heavy atom. The van der Waals surface area contributed by atoms with Gasteiger partial charge in [0, 0.05) is 16.0 Å². The van der Waals surface area contributed by atoms with E-state index in [9.17, 15) is 14.4 Å². The lowest BCUT2D eigenvalue weighted by molar-refractivity contribution is 0.0711. The first-order chi connectivity index (χ1) is 12.1. The van der Waals surface area contributed by atoms with Gasteiger partial charge in [0.25, 0.3) is 11.8 Å². The third-order valence-electron chi connectivity index (χ3n) is 3.36. The van der Waals surface area contributed by atoms with Crippen molar-refractivity contribution in [1.29, 1.82) is 0 Å². The summed E-state index contributed by atoms with van der Waals surface area (Å²) < 4.78 is 0.824. The number of rotatable bonds is 3. The first kappa shape index (κ1) is 16.6. The second-order valence-electron chi connectivity index (χ2n) is 5.08. The van der Waals surface area contributed by atoms with Crippen molar-refractivity contribution in [3.8, 4) is 0 Å². The number of hydrogen-bond donors (Lipinski definition) is 4. The highest BCUT2D eigenvalue weighted by molar-refractivity contribution is 7.20. The molecule has 3 rings (SSSR count). The Balaban J connectivity index is 1.70. The molecule has 0 aliphatic heterocycles. The molecule has 8 heteroatoms. The highest BCUT2D eigenvalue weighted by Crippen LogP contribution is 2.28. The third kappa shape index (κ3) is 3.82. The zero-order chi connectivity index (χ0) is 17.8. The Kier molecular flexibility index (Phi) is 4.73. The number of urea groups is 1. The van der Waals surface area contributed by atoms with Crippen molar-refractivity contribution < 1.29 is 19.6 Å². The maximum absolute atomic E-state index is 12.0. The third-order valence-corrected chi connectivity index (χ3v) is 4.48. The van der Waals surface area contributed by atoms with Crippen LogP contribution in [0.15, 0.2) is 54.6 Å². The van der Waals surface area contributed by atoms with E-state index in [4.69, 9.17) is 5.21 Å². The van der Waals surface area contributed by atoms with E-state index in [0.29, 0.717) is 16.1 Å². The van der Waals surface area contributed by atoms with Crippen molar-refractivity contribution in [3.63, 3.8) is 0 Å². The van der Waals surface area contributed by atoms with Gasteiger partial charge in [-0.1, -0.05) is 18.2 Å². The molecule has 0 fully saturated rings. The maximum Gasteiger partial charge on any atom is 0.326 e. The van der Waals surface area contributed by atoms with Crippen LogP contribution >= 0.6 is 11.3 Å². The zero-order valence-corrected chi connectivity index (χ0v) is 13.6. The van der Waals surface area contributed by atoms with E-state index in [-0.39, 0.29) is 0 Å². The van der Waals surface area contributed by atoms with Gasteiger partial charge >= 0.3 is 6.03 Å². The summed E-state index contributed by atoms with van der Waals surface area (Å²) in [6.45, 7) is 0. The van der Waals surface area contributed by atoms with Gasteiger partial charge in [0.05, 0.1) is 4.88 Å². The molecule has 25 heavy (non-hydrogen) atoms. The summed E-state index contributed by atoms with van der Waals surface area (Å²) in [4.78, 5) is 35.7. The maximum atomic E-state index is 12.0. The number of imide groups is 1. The summed E-state index contributed by atoms with van der Waals surface area (Å²) in [5.74, 6) is -1.10. The number of benzene rings is 2. The van der Waals surface area contributed by atoms with Crippen LogP contribution in [0.2, 0.25) is 0 Å². The van der Waals surface area contributed by atoms with Crippen LogP contribution in [0.25, 0.3) is 10.1 Å². The highest BCUT2D eigenvalue weighted by atomic mass is 32.1. The first-order valence-electron chi connectivity index (χ1n) is 7.22. The van der Waals surface area contributed by atoms with Gasteiger partial charge in [0.15, 0.2) is 0 Å². The zero-order valence-electron chi connectivity index (χ0n) is 12.8. The predicted octanol–water partition coefficient (Wildman–Crippen LogP) is 2.98. The fourth-order valence-corrected chi connectivity index (χ4v) is 3.15. The summed E-state index contributed by atoms with van der Waals surface area (Å²) >= 11 is 1.21. The van der Waals surface area contributed by atoms with Crippen molar-refractivity contribution in [2.75, 3.05) is 5.32 Å². The van der Waals surface area contributed by atoms with Crippen LogP contribution in [-0.2, 0) is 0 Å². The standard InChI is InChI=1S/C17H13N3O4S/c21-15(10-4-2-1-3-5-10)19-17(23)18-12-6-7-13-11(8-12)9-14(25-13)16(22)20-24/h1-9,24H,(H,20,22)(H2,18,19,21,23). The Hall–Kier alpha value is -3.23. The average molecular weight is 355 g/mol. The lowest BCUT2D eigenvalue weighted by Gasteiger charge is -2.07. The van der Waals surface area contributed by atoms with Crippen molar-refractivity contribution >= 4 is 45.0 Å². The van der Waals surface area contributed by atoms with Gasteiger partial charge in [-0.05, 0) is 41.8 Å². The van der Waals surface area contributed by atoms with Crippen molar-refractivity contribution in [2.24, 2.45) is 0 Å². The van der Waals surface area contributed by atoms with E-state index < -0.39 is 17.8 Å². The van der Waals surface area contributed by atoms with Gasteiger partial charge in [-0.15, -0.1) is 11.3 Å². The fraction of sp³-hybridized carbons (Fsp3) is 0. The molecule has 0 unspecified atom stereocenters. The van der Waals surface area contributed by atoms with E-state index in [2.05, 4.69) is 10.6 Å². The first-order valence-corrected chi connectivity index (χ1v) is 8.04. The summed E-state index contributed by atoms with van der Waals surface area (Å²) in [7, 11) is 0. The van der Waals surface area contributed by atoms with E-state index in [1.165, 1.54) is 11.3 Å². The van der Waals surface area contributed by atoms with Gasteiger partial charge in [0.1, 0.15) is 0 Å². The van der Waals surface area contributed by atoms with E-state index in [1.807, 2.05) is 0 Å². The molecule has 1 heterocycles. The number of carbonyl (C=O) groups excluding carboxylic acids is 3. The molecule has 126 valence electrons. The SMILES string of the molecule is O=C(NC(=O)c1ccccc1)Nc1ccc2sc(C(=O)NO)cc2c1. The van der Waals surface area contributed by atoms with Gasteiger partial charge in [-0.2, -0.15) is 0 Å². The van der Waals surface area contributed by atoms with Gasteiger partial charge < -0.3 is 5.32 Å². The molecule has 3 aromatic rings. The monoisotopic (exact) mass is 355 g/mol. The van der Waals surface area contributed by atoms with Crippen LogP contribution in [0.5, 0.6) is 0 Å². The Bertz CT molecular complexity index is 953. The molecule has 2 aromatic carbocycles. The van der Waals surface area contributed by atoms with Crippen molar-refractivity contribution in [2.45, 2.75) is 0 Å². The number of amides is 4. The Labute approximate surface area is 146 Å². The molecule has 0 bridgehead atoms. The molecule has 0 aliphatic carbocycles. The number of anilines is 1. The number of fused-ring (bicyclic) bond motifs is 1. The molecule has 0 saturated carbocycles. The molecule has 0 aliphatic rings. The summed E-state index contributed by atoms with van der Waals surface area (Å²) in [5, 5.41) is 14.2. The van der Waals surface area contributed by atoms with Gasteiger partial charge in [-0.3, -0.25) is 20.1 Å². The molecule has 0 spiro atoms. The predicted molar refractivity (Wildman–Crippen MR) is 94.0 cm³/mol. The lowest BCUT2D eigenvalue weighted by Crippen LogP contribution is -2.34. The van der Waals surface area contributed by atoms with Crippen LogP contribution in [-0.4, -0.2) is 23.1 Å². The quantitative estimate of drug-likeness (QED) is 0.428. The minimum atomic E-state index is -0.656. The molecule has 4 amide bonds. The molecular formula is C17H13N3O4S. The normalized spacial score (nSPS) is 10.3. The van der Waals surface area contributed by atoms with E-state index in [0.717, 1.165) is 10.1 Å². The molecule has 0 atom stereocenters. The van der Waals surface area contributed by atoms with Gasteiger partial charge in [0.2, 0.25) is 0 Å². The second-order valence-corrected chi connectivity index (χ2v) is 6.16. The summed E-state index contributed by atoms with van der Waals surface area (Å²) in [6, 6.07) is 14.4. The summed E-state index contributed by atoms with van der Waals surface area (Å²) in [6.07, 6.45) is 0. The number of hydroxylamine groups is 1. The molecule has 1 aromatic heterocycles. The largest absolute Gasteiger partial charge is 0.326 e. The second kappa shape index (κ2) is 7.12. The molecular weight excluding hydrogens is 342 g/mol. The van der Waals surface area contributed by atoms with Crippen molar-refractivity contribution in [1.82, 2.24) is 10.8 Å². The highest BCUT2D eigenvalue weighted by Gasteiger charge is 2.12. The van der Waals surface area contributed by atoms with E-state index >= 15 is 0 Å². The van der Waals surface area contributed by atoms with Crippen LogP contribution in [0.3, 0.4) is 0 Å². The topological polar surface area (TPSA) is 108 Å². The number of thiophene rings is 1. The average Bonchev–Trinajstić information content (AvgIpc) is 3.05. The molecule has 4 N–H and O–H groups in total. The number of hydrogen-bond acceptors (Lipinski definition) is 5. The van der Waals surface area contributed by atoms with Gasteiger partial charge in [-0.25, -0.2) is 10.3 Å². The Morgan fingerprint density at radius 3 is 2.40 bits per heavy atom. The minimum absolute atomic E-state index is 0.346. The van der Waals surface area contributed by atoms with E-state index in [1.54, 1.807) is 60.1 Å². The van der Waals surface area contributed by atoms with Crippen LogP contribution in [0.1, 0.15) is 20.0 Å².